The van der Waals surface area contributed by atoms with Gasteiger partial charge in [-0.3, -0.25) is 14.5 Å². The molecular formula is C19H21N3O5. The van der Waals surface area contributed by atoms with Crippen LogP contribution in [0.5, 0.6) is 0 Å². The van der Waals surface area contributed by atoms with Crippen LogP contribution in [0, 0.1) is 0 Å². The Hall–Kier alpha value is -3.03. The molecule has 2 aliphatic heterocycles. The van der Waals surface area contributed by atoms with Crippen molar-refractivity contribution in [2.24, 2.45) is 10.2 Å². The zero-order chi connectivity index (χ0) is 19.7. The molecule has 27 heavy (non-hydrogen) atoms. The molecule has 0 radical (unpaired) electrons. The standard InChI is InChI=1S/C19H21N3O5/c1-4-11(5-2)22-17(24)12-7-6-8-13(15(12)18(22)25)20-21-16-14(23)9-10(3)27-19(16)26/h6-8,10-11,23H,4-5,9H2,1-3H3. The second-order valence-corrected chi connectivity index (χ2v) is 6.57. The van der Waals surface area contributed by atoms with Gasteiger partial charge in [0.25, 0.3) is 11.8 Å². The van der Waals surface area contributed by atoms with Gasteiger partial charge < -0.3 is 9.84 Å². The number of fused-ring (bicyclic) bond motifs is 1. The van der Waals surface area contributed by atoms with Gasteiger partial charge in [-0.15, -0.1) is 10.2 Å². The number of hydrogen-bond donors (Lipinski definition) is 1. The van der Waals surface area contributed by atoms with Crippen molar-refractivity contribution in [3.8, 4) is 0 Å². The van der Waals surface area contributed by atoms with Crippen molar-refractivity contribution in [3.63, 3.8) is 0 Å². The van der Waals surface area contributed by atoms with E-state index in [-0.39, 0.29) is 46.6 Å². The number of carbonyl (C=O) groups excluding carboxylic acids is 3. The molecule has 1 N–H and O–H groups in total. The quantitative estimate of drug-likeness (QED) is 0.483. The topological polar surface area (TPSA) is 109 Å². The van der Waals surface area contributed by atoms with E-state index in [0.717, 1.165) is 0 Å². The first-order chi connectivity index (χ1) is 12.9. The van der Waals surface area contributed by atoms with Gasteiger partial charge in [-0.05, 0) is 31.9 Å². The molecule has 0 saturated carbocycles. The predicted octanol–water partition coefficient (Wildman–Crippen LogP) is 3.66. The molecule has 1 atom stereocenters. The Morgan fingerprint density at radius 3 is 2.52 bits per heavy atom. The Morgan fingerprint density at radius 2 is 1.89 bits per heavy atom. The maximum Gasteiger partial charge on any atom is 0.362 e. The third kappa shape index (κ3) is 3.22. The van der Waals surface area contributed by atoms with Crippen LogP contribution in [0.4, 0.5) is 5.69 Å². The molecule has 0 spiro atoms. The average Bonchev–Trinajstić information content (AvgIpc) is 2.88. The number of cyclic esters (lactones) is 1. The third-order valence-electron chi connectivity index (χ3n) is 4.75. The maximum atomic E-state index is 12.9. The minimum absolute atomic E-state index is 0.146. The fourth-order valence-electron chi connectivity index (χ4n) is 3.32. The smallest absolute Gasteiger partial charge is 0.362 e. The molecular weight excluding hydrogens is 350 g/mol. The van der Waals surface area contributed by atoms with E-state index in [1.807, 2.05) is 13.8 Å². The summed E-state index contributed by atoms with van der Waals surface area (Å²) in [5, 5.41) is 17.7. The lowest BCUT2D eigenvalue weighted by atomic mass is 10.1. The van der Waals surface area contributed by atoms with Crippen molar-refractivity contribution >= 4 is 23.5 Å². The van der Waals surface area contributed by atoms with E-state index in [9.17, 15) is 19.5 Å². The number of aliphatic hydroxyl groups is 1. The Kier molecular flexibility index (Phi) is 5.07. The highest BCUT2D eigenvalue weighted by molar-refractivity contribution is 6.23. The number of rotatable bonds is 5. The van der Waals surface area contributed by atoms with Gasteiger partial charge in [0.2, 0.25) is 5.70 Å². The average molecular weight is 371 g/mol. The van der Waals surface area contributed by atoms with Crippen molar-refractivity contribution in [2.45, 2.75) is 52.2 Å². The molecule has 2 heterocycles. The minimum atomic E-state index is -0.774. The molecule has 142 valence electrons. The van der Waals surface area contributed by atoms with E-state index in [2.05, 4.69) is 10.2 Å². The molecule has 0 fully saturated rings. The van der Waals surface area contributed by atoms with Gasteiger partial charge >= 0.3 is 5.97 Å². The van der Waals surface area contributed by atoms with Gasteiger partial charge in [-0.2, -0.15) is 0 Å². The first kappa shape index (κ1) is 18.8. The molecule has 0 aliphatic carbocycles. The van der Waals surface area contributed by atoms with Crippen LogP contribution in [0.15, 0.2) is 39.9 Å². The Labute approximate surface area is 156 Å². The zero-order valence-corrected chi connectivity index (χ0v) is 15.4. The molecule has 1 unspecified atom stereocenters. The summed E-state index contributed by atoms with van der Waals surface area (Å²) in [6.07, 6.45) is 1.02. The predicted molar refractivity (Wildman–Crippen MR) is 95.7 cm³/mol. The second kappa shape index (κ2) is 7.30. The number of benzene rings is 1. The number of aliphatic hydroxyl groups excluding tert-OH is 1. The molecule has 0 bridgehead atoms. The minimum Gasteiger partial charge on any atom is -0.510 e. The van der Waals surface area contributed by atoms with Crippen molar-refractivity contribution in [3.05, 3.63) is 40.8 Å². The summed E-state index contributed by atoms with van der Waals surface area (Å²) in [7, 11) is 0. The number of esters is 1. The Balaban J connectivity index is 1.98. The van der Waals surface area contributed by atoms with Crippen LogP contribution in [0.25, 0.3) is 0 Å². The van der Waals surface area contributed by atoms with Crippen LogP contribution >= 0.6 is 0 Å². The summed E-state index contributed by atoms with van der Waals surface area (Å²) in [5.41, 5.74) is 0.308. The highest BCUT2D eigenvalue weighted by Gasteiger charge is 2.40. The van der Waals surface area contributed by atoms with Crippen molar-refractivity contribution < 1.29 is 24.2 Å². The number of amides is 2. The Morgan fingerprint density at radius 1 is 1.19 bits per heavy atom. The molecule has 0 saturated heterocycles. The lowest BCUT2D eigenvalue weighted by Gasteiger charge is -2.23. The van der Waals surface area contributed by atoms with Crippen LogP contribution in [-0.4, -0.2) is 39.9 Å². The summed E-state index contributed by atoms with van der Waals surface area (Å²) in [5.74, 6) is -1.76. The van der Waals surface area contributed by atoms with E-state index >= 15 is 0 Å². The molecule has 0 aromatic heterocycles. The van der Waals surface area contributed by atoms with Crippen molar-refractivity contribution in [2.75, 3.05) is 0 Å². The number of nitrogens with zero attached hydrogens (tertiary/aromatic N) is 3. The monoisotopic (exact) mass is 371 g/mol. The fourth-order valence-corrected chi connectivity index (χ4v) is 3.32. The van der Waals surface area contributed by atoms with Crippen molar-refractivity contribution in [1.82, 2.24) is 4.90 Å². The maximum absolute atomic E-state index is 12.9. The first-order valence-corrected chi connectivity index (χ1v) is 8.94. The summed E-state index contributed by atoms with van der Waals surface area (Å²) in [6, 6.07) is 4.52. The van der Waals surface area contributed by atoms with E-state index in [0.29, 0.717) is 12.8 Å². The van der Waals surface area contributed by atoms with Gasteiger partial charge in [0.05, 0.1) is 16.8 Å². The van der Waals surface area contributed by atoms with Gasteiger partial charge in [-0.25, -0.2) is 4.79 Å². The molecule has 1 aromatic rings. The van der Waals surface area contributed by atoms with E-state index in [1.165, 1.54) is 11.0 Å². The van der Waals surface area contributed by atoms with Gasteiger partial charge in [-0.1, -0.05) is 19.9 Å². The lowest BCUT2D eigenvalue weighted by Crippen LogP contribution is -2.39. The SMILES string of the molecule is CCC(CC)N1C(=O)c2cccc(N=NC3=C(O)CC(C)OC3=O)c2C1=O. The number of hydrogen-bond acceptors (Lipinski definition) is 7. The number of carbonyl (C=O) groups is 3. The number of azo groups is 1. The molecule has 8 heteroatoms. The largest absolute Gasteiger partial charge is 0.510 e. The van der Waals surface area contributed by atoms with Crippen LogP contribution in [-0.2, 0) is 9.53 Å². The van der Waals surface area contributed by atoms with Crippen LogP contribution < -0.4 is 0 Å². The van der Waals surface area contributed by atoms with Gasteiger partial charge in [0.15, 0.2) is 0 Å². The van der Waals surface area contributed by atoms with Crippen LogP contribution in [0.3, 0.4) is 0 Å². The molecule has 8 nitrogen and oxygen atoms in total. The van der Waals surface area contributed by atoms with E-state index < -0.39 is 18.0 Å². The number of imide groups is 1. The number of ether oxygens (including phenoxy) is 1. The second-order valence-electron chi connectivity index (χ2n) is 6.57. The summed E-state index contributed by atoms with van der Waals surface area (Å²) < 4.78 is 5.03. The molecule has 3 rings (SSSR count). The summed E-state index contributed by atoms with van der Waals surface area (Å²) >= 11 is 0. The zero-order valence-electron chi connectivity index (χ0n) is 15.4. The first-order valence-electron chi connectivity index (χ1n) is 8.94. The van der Waals surface area contributed by atoms with Crippen LogP contribution in [0.1, 0.15) is 60.7 Å². The van der Waals surface area contributed by atoms with Crippen LogP contribution in [0.2, 0.25) is 0 Å². The highest BCUT2D eigenvalue weighted by Crippen LogP contribution is 2.34. The normalized spacial score (nSPS) is 20.1. The molecule has 1 aromatic carbocycles. The molecule has 2 aliphatic rings. The van der Waals surface area contributed by atoms with Gasteiger partial charge in [0, 0.05) is 12.5 Å². The van der Waals surface area contributed by atoms with E-state index in [1.54, 1.807) is 19.1 Å². The highest BCUT2D eigenvalue weighted by atomic mass is 16.5. The lowest BCUT2D eigenvalue weighted by molar-refractivity contribution is -0.145. The van der Waals surface area contributed by atoms with Gasteiger partial charge in [0.1, 0.15) is 11.9 Å². The summed E-state index contributed by atoms with van der Waals surface area (Å²) in [4.78, 5) is 38.7. The Bertz CT molecular complexity index is 870. The van der Waals surface area contributed by atoms with Crippen molar-refractivity contribution in [1.29, 1.82) is 0 Å². The summed E-state index contributed by atoms with van der Waals surface area (Å²) in [6.45, 7) is 5.50. The van der Waals surface area contributed by atoms with E-state index in [4.69, 9.17) is 4.74 Å². The fraction of sp³-hybridized carbons (Fsp3) is 0.421. The third-order valence-corrected chi connectivity index (χ3v) is 4.75. The molecule has 2 amide bonds.